The summed E-state index contributed by atoms with van der Waals surface area (Å²) in [6.07, 6.45) is 4.60. The summed E-state index contributed by atoms with van der Waals surface area (Å²) in [5, 5.41) is 11.0. The van der Waals surface area contributed by atoms with E-state index in [-0.39, 0.29) is 34.7 Å². The molecule has 0 saturated carbocycles. The molecule has 226 valence electrons. The lowest BCUT2D eigenvalue weighted by Crippen LogP contribution is -2.43. The molecule has 0 amide bonds. The summed E-state index contributed by atoms with van der Waals surface area (Å²) in [5.41, 5.74) is 5.49. The minimum Gasteiger partial charge on any atom is -0.493 e. The second kappa shape index (κ2) is 11.1. The van der Waals surface area contributed by atoms with E-state index >= 15 is 0 Å². The number of carbonyl (C=O) groups excluding carboxylic acids is 2. The molecule has 0 spiro atoms. The molecule has 43 heavy (non-hydrogen) atoms. The van der Waals surface area contributed by atoms with Crippen LogP contribution in [0.3, 0.4) is 0 Å². The van der Waals surface area contributed by atoms with Crippen molar-refractivity contribution in [3.8, 4) is 11.5 Å². The van der Waals surface area contributed by atoms with Gasteiger partial charge in [-0.2, -0.15) is 0 Å². The van der Waals surface area contributed by atoms with Crippen molar-refractivity contribution in [1.82, 2.24) is 4.90 Å². The van der Waals surface area contributed by atoms with E-state index in [9.17, 15) is 19.7 Å². The van der Waals surface area contributed by atoms with Crippen molar-refractivity contribution in [2.24, 2.45) is 10.8 Å². The third-order valence-electron chi connectivity index (χ3n) is 8.78. The van der Waals surface area contributed by atoms with Crippen molar-refractivity contribution in [1.29, 1.82) is 0 Å². The Balaban J connectivity index is 1.63. The van der Waals surface area contributed by atoms with Crippen LogP contribution in [0.1, 0.15) is 76.0 Å². The van der Waals surface area contributed by atoms with Gasteiger partial charge in [-0.15, -0.1) is 6.58 Å². The first kappa shape index (κ1) is 30.3. The monoisotopic (exact) mass is 584 g/mol. The second-order valence-electron chi connectivity index (χ2n) is 13.5. The number of nitrogens with zero attached hydrogens (tertiary/aromatic N) is 2. The molecular weight excluding hydrogens is 544 g/mol. The maximum absolute atomic E-state index is 13.9. The molecule has 2 aromatic rings. The van der Waals surface area contributed by atoms with E-state index in [1.54, 1.807) is 25.3 Å². The fourth-order valence-corrected chi connectivity index (χ4v) is 6.84. The summed E-state index contributed by atoms with van der Waals surface area (Å²) in [6, 6.07) is 10.1. The summed E-state index contributed by atoms with van der Waals surface area (Å²) < 4.78 is 12.1. The molecule has 5 rings (SSSR count). The Bertz CT molecular complexity index is 1520. The Labute approximate surface area is 253 Å². The maximum Gasteiger partial charge on any atom is 0.269 e. The third kappa shape index (κ3) is 5.75. The summed E-state index contributed by atoms with van der Waals surface area (Å²) in [5.74, 6) is 0.694. The van der Waals surface area contributed by atoms with Crippen LogP contribution in [0.5, 0.6) is 11.5 Å². The zero-order valence-corrected chi connectivity index (χ0v) is 25.9. The number of benzene rings is 2. The lowest BCUT2D eigenvalue weighted by atomic mass is 9.63. The number of nitro groups is 1. The second-order valence-corrected chi connectivity index (χ2v) is 13.5. The molecule has 0 N–H and O–H groups in total. The predicted molar refractivity (Wildman–Crippen MR) is 165 cm³/mol. The summed E-state index contributed by atoms with van der Waals surface area (Å²) in [7, 11) is 3.57. The molecule has 1 heterocycles. The van der Waals surface area contributed by atoms with Crippen molar-refractivity contribution >= 4 is 17.3 Å². The first-order chi connectivity index (χ1) is 20.2. The van der Waals surface area contributed by atoms with Gasteiger partial charge in [0.15, 0.2) is 23.1 Å². The number of Topliss-reactive ketones (excluding diaryl/α,β-unsaturated/α-hetero) is 2. The van der Waals surface area contributed by atoms with Crippen molar-refractivity contribution in [2.45, 2.75) is 72.3 Å². The molecule has 2 aliphatic carbocycles. The van der Waals surface area contributed by atoms with Crippen LogP contribution >= 0.6 is 0 Å². The van der Waals surface area contributed by atoms with Crippen LogP contribution in [0.15, 0.2) is 71.6 Å². The topological polar surface area (TPSA) is 99.0 Å². The van der Waals surface area contributed by atoms with Gasteiger partial charge in [0.1, 0.15) is 6.61 Å². The Morgan fingerprint density at radius 2 is 1.53 bits per heavy atom. The molecule has 2 aromatic carbocycles. The lowest BCUT2D eigenvalue weighted by Gasteiger charge is -2.48. The van der Waals surface area contributed by atoms with Gasteiger partial charge < -0.3 is 14.4 Å². The van der Waals surface area contributed by atoms with Crippen molar-refractivity contribution in [2.75, 3.05) is 14.2 Å². The highest BCUT2D eigenvalue weighted by Crippen LogP contribution is 2.54. The molecule has 0 aromatic heterocycles. The van der Waals surface area contributed by atoms with E-state index in [1.807, 2.05) is 19.2 Å². The maximum atomic E-state index is 13.9. The summed E-state index contributed by atoms with van der Waals surface area (Å²) in [4.78, 5) is 40.6. The molecule has 8 heteroatoms. The number of methoxy groups -OCH3 is 1. The minimum atomic E-state index is -0.491. The number of non-ortho nitro benzene ring substituents is 1. The average molecular weight is 585 g/mol. The van der Waals surface area contributed by atoms with E-state index in [2.05, 4.69) is 39.2 Å². The van der Waals surface area contributed by atoms with Gasteiger partial charge in [0.05, 0.1) is 12.0 Å². The first-order valence-corrected chi connectivity index (χ1v) is 14.7. The lowest BCUT2D eigenvalue weighted by molar-refractivity contribution is -0.384. The number of carbonyl (C=O) groups is 2. The zero-order valence-electron chi connectivity index (χ0n) is 25.9. The van der Waals surface area contributed by atoms with Crippen LogP contribution < -0.4 is 9.47 Å². The smallest absolute Gasteiger partial charge is 0.269 e. The van der Waals surface area contributed by atoms with Crippen LogP contribution in [0.4, 0.5) is 5.69 Å². The van der Waals surface area contributed by atoms with Crippen LogP contribution in [0.2, 0.25) is 0 Å². The zero-order chi connectivity index (χ0) is 31.3. The quantitative estimate of drug-likeness (QED) is 0.183. The van der Waals surface area contributed by atoms with E-state index < -0.39 is 10.8 Å². The Morgan fingerprint density at radius 1 is 0.977 bits per heavy atom. The SMILES string of the molecule is C=CCc1cc(C2C3=C(CC(C)(C)CC3=O)N(C)C3=C2C(=O)CC(C)(C)C3)cc(OC)c1OCc1ccc([N+](=O)[O-])cc1. The Hall–Kier alpha value is -4.20. The van der Waals surface area contributed by atoms with Gasteiger partial charge in [0, 0.05) is 66.0 Å². The molecule has 0 saturated heterocycles. The normalized spacial score (nSPS) is 19.6. The van der Waals surface area contributed by atoms with Crippen molar-refractivity contribution < 1.29 is 24.0 Å². The summed E-state index contributed by atoms with van der Waals surface area (Å²) in [6.45, 7) is 12.6. The highest BCUT2D eigenvalue weighted by atomic mass is 16.6. The molecular formula is C35H40N2O6. The molecule has 0 bridgehead atoms. The van der Waals surface area contributed by atoms with Gasteiger partial charge in [0.2, 0.25) is 0 Å². The van der Waals surface area contributed by atoms with Crippen molar-refractivity contribution in [3.05, 3.63) is 98.4 Å². The van der Waals surface area contributed by atoms with Gasteiger partial charge in [-0.1, -0.05) is 39.8 Å². The number of hydrogen-bond acceptors (Lipinski definition) is 7. The predicted octanol–water partition coefficient (Wildman–Crippen LogP) is 7.23. The number of allylic oxidation sites excluding steroid dienone is 5. The number of rotatable bonds is 8. The van der Waals surface area contributed by atoms with E-state index in [0.29, 0.717) is 41.9 Å². The third-order valence-corrected chi connectivity index (χ3v) is 8.78. The average Bonchev–Trinajstić information content (AvgIpc) is 2.92. The molecule has 0 unspecified atom stereocenters. The number of ketones is 2. The largest absolute Gasteiger partial charge is 0.493 e. The molecule has 8 nitrogen and oxygen atoms in total. The molecule has 0 fully saturated rings. The summed E-state index contributed by atoms with van der Waals surface area (Å²) >= 11 is 0. The van der Waals surface area contributed by atoms with Gasteiger partial charge >= 0.3 is 0 Å². The van der Waals surface area contributed by atoms with Gasteiger partial charge in [-0.05, 0) is 59.4 Å². The van der Waals surface area contributed by atoms with Gasteiger partial charge in [-0.25, -0.2) is 0 Å². The Morgan fingerprint density at radius 3 is 2.02 bits per heavy atom. The highest BCUT2D eigenvalue weighted by molar-refractivity contribution is 6.06. The first-order valence-electron chi connectivity index (χ1n) is 14.7. The van der Waals surface area contributed by atoms with Crippen LogP contribution in [-0.2, 0) is 22.6 Å². The molecule has 0 atom stereocenters. The van der Waals surface area contributed by atoms with Gasteiger partial charge in [-0.3, -0.25) is 19.7 Å². The standard InChI is InChI=1S/C35H40N2O6/c1-8-9-22-14-23(15-29(42-7)33(22)43-20-21-10-12-24(13-11-21)37(40)41)30-31-25(16-34(2,3)18-27(31)38)36(6)26-17-35(4,5)19-28(39)32(26)30/h8,10-15,30H,1,9,16-20H2,2-7H3. The molecule has 3 aliphatic rings. The van der Waals surface area contributed by atoms with E-state index in [4.69, 9.17) is 9.47 Å². The fourth-order valence-electron chi connectivity index (χ4n) is 6.84. The number of hydrogen-bond donors (Lipinski definition) is 0. The fraction of sp³-hybridized carbons (Fsp3) is 0.429. The molecule has 0 radical (unpaired) electrons. The van der Waals surface area contributed by atoms with Crippen LogP contribution in [-0.4, -0.2) is 35.5 Å². The van der Waals surface area contributed by atoms with Crippen molar-refractivity contribution in [3.63, 3.8) is 0 Å². The number of ether oxygens (including phenoxy) is 2. The minimum absolute atomic E-state index is 0.0137. The van der Waals surface area contributed by atoms with Gasteiger partial charge in [0.25, 0.3) is 5.69 Å². The molecule has 1 aliphatic heterocycles. The number of nitro benzene ring substituents is 1. The van der Waals surface area contributed by atoms with Crippen LogP contribution in [0, 0.1) is 20.9 Å². The highest BCUT2D eigenvalue weighted by Gasteiger charge is 2.48. The van der Waals surface area contributed by atoms with Crippen LogP contribution in [0.25, 0.3) is 0 Å². The van der Waals surface area contributed by atoms with E-state index in [0.717, 1.165) is 40.9 Å². The Kier molecular flexibility index (Phi) is 7.84. The van der Waals surface area contributed by atoms with E-state index in [1.165, 1.54) is 12.1 Å².